The summed E-state index contributed by atoms with van der Waals surface area (Å²) in [5.74, 6) is -0.325. The average molecular weight is 274 g/mol. The second-order valence-electron chi connectivity index (χ2n) is 4.34. The summed E-state index contributed by atoms with van der Waals surface area (Å²) in [6, 6.07) is 4.93. The SMILES string of the molecule is O=C(NC1(CO)CCC1)c1c(Cl)cccc1Cl. The molecule has 1 aliphatic carbocycles. The van der Waals surface area contributed by atoms with Crippen molar-refractivity contribution in [2.75, 3.05) is 6.61 Å². The average Bonchev–Trinajstić information content (AvgIpc) is 2.23. The summed E-state index contributed by atoms with van der Waals surface area (Å²) in [6.07, 6.45) is 2.59. The van der Waals surface area contributed by atoms with Gasteiger partial charge in [0.1, 0.15) is 0 Å². The van der Waals surface area contributed by atoms with E-state index in [1.165, 1.54) is 0 Å². The third-order valence-corrected chi connectivity index (χ3v) is 3.81. The Morgan fingerprint density at radius 3 is 2.35 bits per heavy atom. The van der Waals surface area contributed by atoms with Crippen molar-refractivity contribution < 1.29 is 9.90 Å². The van der Waals surface area contributed by atoms with E-state index in [4.69, 9.17) is 23.2 Å². The number of rotatable bonds is 3. The molecule has 1 saturated carbocycles. The minimum absolute atomic E-state index is 0.0548. The third-order valence-electron chi connectivity index (χ3n) is 3.18. The molecule has 0 unspecified atom stereocenters. The fourth-order valence-electron chi connectivity index (χ4n) is 1.94. The molecule has 0 bridgehead atoms. The molecule has 0 aliphatic heterocycles. The van der Waals surface area contributed by atoms with E-state index in [9.17, 15) is 9.90 Å². The van der Waals surface area contributed by atoms with E-state index in [1.807, 2.05) is 0 Å². The van der Waals surface area contributed by atoms with Crippen LogP contribution in [0.1, 0.15) is 29.6 Å². The number of amides is 1. The maximum atomic E-state index is 12.1. The van der Waals surface area contributed by atoms with Crippen molar-refractivity contribution >= 4 is 29.1 Å². The molecule has 0 heterocycles. The van der Waals surface area contributed by atoms with Gasteiger partial charge in [-0.1, -0.05) is 29.3 Å². The molecule has 2 N–H and O–H groups in total. The van der Waals surface area contributed by atoms with Crippen LogP contribution in [-0.4, -0.2) is 23.2 Å². The van der Waals surface area contributed by atoms with Gasteiger partial charge in [-0.2, -0.15) is 0 Å². The molecular weight excluding hydrogens is 261 g/mol. The maximum absolute atomic E-state index is 12.1. The lowest BCUT2D eigenvalue weighted by Crippen LogP contribution is -2.56. The number of carbonyl (C=O) groups is 1. The molecule has 0 aromatic heterocycles. The molecule has 1 fully saturated rings. The highest BCUT2D eigenvalue weighted by Gasteiger charge is 2.38. The summed E-state index contributed by atoms with van der Waals surface area (Å²) in [4.78, 5) is 12.1. The van der Waals surface area contributed by atoms with Gasteiger partial charge in [-0.05, 0) is 31.4 Å². The lowest BCUT2D eigenvalue weighted by atomic mass is 9.77. The number of aliphatic hydroxyl groups is 1. The summed E-state index contributed by atoms with van der Waals surface area (Å²) in [6.45, 7) is -0.0548. The molecule has 3 nitrogen and oxygen atoms in total. The fraction of sp³-hybridized carbons (Fsp3) is 0.417. The minimum atomic E-state index is -0.487. The van der Waals surface area contributed by atoms with Crippen LogP contribution in [0.4, 0.5) is 0 Å². The first-order valence-corrected chi connectivity index (χ1v) is 6.21. The van der Waals surface area contributed by atoms with Crippen LogP contribution in [0.15, 0.2) is 18.2 Å². The van der Waals surface area contributed by atoms with Crippen molar-refractivity contribution in [2.24, 2.45) is 0 Å². The summed E-state index contributed by atoms with van der Waals surface area (Å²) < 4.78 is 0. The zero-order chi connectivity index (χ0) is 12.5. The summed E-state index contributed by atoms with van der Waals surface area (Å²) >= 11 is 11.9. The molecule has 1 aliphatic rings. The predicted octanol–water partition coefficient (Wildman–Crippen LogP) is 2.64. The predicted molar refractivity (Wildman–Crippen MR) is 67.6 cm³/mol. The summed E-state index contributed by atoms with van der Waals surface area (Å²) in [5.41, 5.74) is -0.213. The van der Waals surface area contributed by atoms with E-state index in [1.54, 1.807) is 18.2 Å². The highest BCUT2D eigenvalue weighted by Crippen LogP contribution is 2.32. The van der Waals surface area contributed by atoms with Crippen molar-refractivity contribution in [1.29, 1.82) is 0 Å². The Bertz CT molecular complexity index is 418. The van der Waals surface area contributed by atoms with Crippen molar-refractivity contribution in [1.82, 2.24) is 5.32 Å². The molecule has 92 valence electrons. The number of hydrogen-bond acceptors (Lipinski definition) is 2. The van der Waals surface area contributed by atoms with E-state index in [0.29, 0.717) is 10.0 Å². The number of benzene rings is 1. The zero-order valence-corrected chi connectivity index (χ0v) is 10.7. The largest absolute Gasteiger partial charge is 0.394 e. The second-order valence-corrected chi connectivity index (χ2v) is 5.16. The van der Waals surface area contributed by atoms with E-state index < -0.39 is 5.54 Å². The van der Waals surface area contributed by atoms with Crippen LogP contribution in [0.25, 0.3) is 0 Å². The Labute approximate surface area is 110 Å². The number of hydrogen-bond donors (Lipinski definition) is 2. The number of halogens is 2. The van der Waals surface area contributed by atoms with Gasteiger partial charge in [0.05, 0.1) is 27.8 Å². The highest BCUT2D eigenvalue weighted by atomic mass is 35.5. The molecular formula is C12H13Cl2NO2. The molecule has 2 rings (SSSR count). The molecule has 0 spiro atoms. The smallest absolute Gasteiger partial charge is 0.254 e. The summed E-state index contributed by atoms with van der Waals surface area (Å²) in [7, 11) is 0. The molecule has 1 aromatic carbocycles. The highest BCUT2D eigenvalue weighted by molar-refractivity contribution is 6.39. The molecule has 17 heavy (non-hydrogen) atoms. The quantitative estimate of drug-likeness (QED) is 0.890. The Hall–Kier alpha value is -0.770. The van der Waals surface area contributed by atoms with Crippen LogP contribution in [-0.2, 0) is 0 Å². The minimum Gasteiger partial charge on any atom is -0.394 e. The van der Waals surface area contributed by atoms with Gasteiger partial charge in [0.15, 0.2) is 0 Å². The Morgan fingerprint density at radius 1 is 1.35 bits per heavy atom. The van der Waals surface area contributed by atoms with Crippen LogP contribution >= 0.6 is 23.2 Å². The summed E-state index contributed by atoms with van der Waals surface area (Å²) in [5, 5.41) is 12.8. The van der Waals surface area contributed by atoms with Gasteiger partial charge in [0.25, 0.3) is 5.91 Å². The van der Waals surface area contributed by atoms with Crippen LogP contribution < -0.4 is 5.32 Å². The van der Waals surface area contributed by atoms with Crippen LogP contribution in [0.2, 0.25) is 10.0 Å². The molecule has 0 radical (unpaired) electrons. The first kappa shape index (κ1) is 12.7. The van der Waals surface area contributed by atoms with Gasteiger partial charge in [-0.3, -0.25) is 4.79 Å². The van der Waals surface area contributed by atoms with Crippen LogP contribution in [0.3, 0.4) is 0 Å². The van der Waals surface area contributed by atoms with E-state index in [0.717, 1.165) is 19.3 Å². The Balaban J connectivity index is 2.20. The normalized spacial score (nSPS) is 17.4. The number of nitrogens with one attached hydrogen (secondary N) is 1. The van der Waals surface area contributed by atoms with Crippen molar-refractivity contribution in [2.45, 2.75) is 24.8 Å². The third kappa shape index (κ3) is 2.41. The van der Waals surface area contributed by atoms with Crippen LogP contribution in [0.5, 0.6) is 0 Å². The molecule has 1 amide bonds. The van der Waals surface area contributed by atoms with Gasteiger partial charge in [-0.25, -0.2) is 0 Å². The van der Waals surface area contributed by atoms with E-state index in [2.05, 4.69) is 5.32 Å². The van der Waals surface area contributed by atoms with Gasteiger partial charge in [-0.15, -0.1) is 0 Å². The maximum Gasteiger partial charge on any atom is 0.254 e. The standard InChI is InChI=1S/C12H13Cl2NO2/c13-8-3-1-4-9(14)10(8)11(17)15-12(7-16)5-2-6-12/h1,3-4,16H,2,5-7H2,(H,15,17). The number of carbonyl (C=O) groups excluding carboxylic acids is 1. The topological polar surface area (TPSA) is 49.3 Å². The van der Waals surface area contributed by atoms with Gasteiger partial charge < -0.3 is 10.4 Å². The van der Waals surface area contributed by atoms with Gasteiger partial charge >= 0.3 is 0 Å². The van der Waals surface area contributed by atoms with Gasteiger partial charge in [0.2, 0.25) is 0 Å². The molecule has 1 aromatic rings. The van der Waals surface area contributed by atoms with E-state index in [-0.39, 0.29) is 18.1 Å². The first-order valence-electron chi connectivity index (χ1n) is 5.45. The molecule has 0 saturated heterocycles. The van der Waals surface area contributed by atoms with Crippen molar-refractivity contribution in [3.05, 3.63) is 33.8 Å². The Morgan fingerprint density at radius 2 is 1.94 bits per heavy atom. The van der Waals surface area contributed by atoms with Crippen LogP contribution in [0, 0.1) is 0 Å². The fourth-order valence-corrected chi connectivity index (χ4v) is 2.51. The van der Waals surface area contributed by atoms with Crippen molar-refractivity contribution in [3.63, 3.8) is 0 Å². The number of aliphatic hydroxyl groups excluding tert-OH is 1. The monoisotopic (exact) mass is 273 g/mol. The second kappa shape index (κ2) is 4.84. The molecule has 5 heteroatoms. The lowest BCUT2D eigenvalue weighted by Gasteiger charge is -2.41. The Kier molecular flexibility index (Phi) is 3.61. The molecule has 0 atom stereocenters. The first-order chi connectivity index (χ1) is 8.08. The van der Waals surface area contributed by atoms with Crippen molar-refractivity contribution in [3.8, 4) is 0 Å². The van der Waals surface area contributed by atoms with E-state index >= 15 is 0 Å². The zero-order valence-electron chi connectivity index (χ0n) is 9.17. The van der Waals surface area contributed by atoms with Gasteiger partial charge in [0, 0.05) is 0 Å². The lowest BCUT2D eigenvalue weighted by molar-refractivity contribution is 0.0642.